The van der Waals surface area contributed by atoms with Crippen molar-refractivity contribution >= 4 is 5.97 Å². The highest BCUT2D eigenvalue weighted by atomic mass is 16.5. The molecule has 3 heteroatoms. The molecule has 0 saturated heterocycles. The molecule has 72 valence electrons. The summed E-state index contributed by atoms with van der Waals surface area (Å²) in [5, 5.41) is 0. The summed E-state index contributed by atoms with van der Waals surface area (Å²) in [6, 6.07) is -0.0857. The Balaban J connectivity index is 3.86. The first-order chi connectivity index (χ1) is 5.49. The Kier molecular flexibility index (Phi) is 4.90. The molecule has 3 nitrogen and oxygen atoms in total. The van der Waals surface area contributed by atoms with E-state index in [9.17, 15) is 4.79 Å². The standard InChI is InChI=1S/C9H19NO2/c1-6(2)7(3)8(10)5-9(11)12-4/h6-8H,5,10H2,1-4H3/t7?,8-/m1/s1. The lowest BCUT2D eigenvalue weighted by molar-refractivity contribution is -0.141. The smallest absolute Gasteiger partial charge is 0.307 e. The number of ether oxygens (including phenoxy) is 1. The molecule has 0 rings (SSSR count). The number of nitrogens with two attached hydrogens (primary N) is 1. The quantitative estimate of drug-likeness (QED) is 0.649. The van der Waals surface area contributed by atoms with E-state index in [1.165, 1.54) is 7.11 Å². The van der Waals surface area contributed by atoms with E-state index in [-0.39, 0.29) is 12.0 Å². The minimum Gasteiger partial charge on any atom is -0.469 e. The lowest BCUT2D eigenvalue weighted by Crippen LogP contribution is -2.33. The summed E-state index contributed by atoms with van der Waals surface area (Å²) in [6.45, 7) is 6.25. The van der Waals surface area contributed by atoms with Crippen LogP contribution in [0.25, 0.3) is 0 Å². The monoisotopic (exact) mass is 173 g/mol. The summed E-state index contributed by atoms with van der Waals surface area (Å²) in [5.74, 6) is 0.628. The Morgan fingerprint density at radius 2 is 1.92 bits per heavy atom. The van der Waals surface area contributed by atoms with Crippen LogP contribution < -0.4 is 5.73 Å². The topological polar surface area (TPSA) is 52.3 Å². The second-order valence-electron chi connectivity index (χ2n) is 3.55. The van der Waals surface area contributed by atoms with Gasteiger partial charge in [0.2, 0.25) is 0 Å². The van der Waals surface area contributed by atoms with Crippen LogP contribution in [0.4, 0.5) is 0 Å². The highest BCUT2D eigenvalue weighted by molar-refractivity contribution is 5.69. The zero-order valence-corrected chi connectivity index (χ0v) is 8.33. The van der Waals surface area contributed by atoms with Gasteiger partial charge in [0.05, 0.1) is 13.5 Å². The molecule has 0 fully saturated rings. The SMILES string of the molecule is COC(=O)C[C@@H](N)C(C)C(C)C. The van der Waals surface area contributed by atoms with E-state index < -0.39 is 0 Å². The van der Waals surface area contributed by atoms with Crippen molar-refractivity contribution in [3.05, 3.63) is 0 Å². The van der Waals surface area contributed by atoms with Gasteiger partial charge in [-0.3, -0.25) is 4.79 Å². The van der Waals surface area contributed by atoms with Gasteiger partial charge in [-0.1, -0.05) is 20.8 Å². The van der Waals surface area contributed by atoms with E-state index in [4.69, 9.17) is 5.73 Å². The molecule has 0 amide bonds. The first-order valence-electron chi connectivity index (χ1n) is 4.31. The minimum absolute atomic E-state index is 0.0857. The Morgan fingerprint density at radius 3 is 2.25 bits per heavy atom. The van der Waals surface area contributed by atoms with Crippen LogP contribution >= 0.6 is 0 Å². The van der Waals surface area contributed by atoms with E-state index in [2.05, 4.69) is 25.5 Å². The molecule has 0 aliphatic heterocycles. The molecule has 0 heterocycles. The van der Waals surface area contributed by atoms with Gasteiger partial charge in [-0.2, -0.15) is 0 Å². The first kappa shape index (κ1) is 11.4. The van der Waals surface area contributed by atoms with Crippen molar-refractivity contribution in [2.75, 3.05) is 7.11 Å². The molecule has 0 bridgehead atoms. The van der Waals surface area contributed by atoms with Crippen LogP contribution in [0.2, 0.25) is 0 Å². The fourth-order valence-electron chi connectivity index (χ4n) is 0.956. The zero-order valence-electron chi connectivity index (χ0n) is 8.33. The fraction of sp³-hybridized carbons (Fsp3) is 0.889. The zero-order chi connectivity index (χ0) is 9.72. The molecule has 0 aliphatic carbocycles. The van der Waals surface area contributed by atoms with Gasteiger partial charge in [0.15, 0.2) is 0 Å². The number of esters is 1. The van der Waals surface area contributed by atoms with Crippen molar-refractivity contribution in [2.24, 2.45) is 17.6 Å². The lowest BCUT2D eigenvalue weighted by atomic mass is 9.89. The number of methoxy groups -OCH3 is 1. The molecule has 0 saturated carbocycles. The fourth-order valence-corrected chi connectivity index (χ4v) is 0.956. The van der Waals surface area contributed by atoms with Gasteiger partial charge >= 0.3 is 5.97 Å². The third-order valence-electron chi connectivity index (χ3n) is 2.36. The Bertz CT molecular complexity index is 145. The maximum Gasteiger partial charge on any atom is 0.307 e. The van der Waals surface area contributed by atoms with Crippen LogP contribution in [0.1, 0.15) is 27.2 Å². The molecule has 12 heavy (non-hydrogen) atoms. The number of carbonyl (C=O) groups is 1. The molecule has 0 aromatic rings. The predicted molar refractivity (Wildman–Crippen MR) is 48.6 cm³/mol. The van der Waals surface area contributed by atoms with Crippen molar-refractivity contribution in [1.82, 2.24) is 0 Å². The summed E-state index contributed by atoms with van der Waals surface area (Å²) in [5.41, 5.74) is 5.79. The third kappa shape index (κ3) is 3.72. The number of hydrogen-bond donors (Lipinski definition) is 1. The van der Waals surface area contributed by atoms with Crippen LogP contribution in [-0.4, -0.2) is 19.1 Å². The van der Waals surface area contributed by atoms with Crippen molar-refractivity contribution < 1.29 is 9.53 Å². The minimum atomic E-state index is -0.227. The highest BCUT2D eigenvalue weighted by Gasteiger charge is 2.19. The van der Waals surface area contributed by atoms with Gasteiger partial charge in [0.1, 0.15) is 0 Å². The second kappa shape index (κ2) is 5.14. The van der Waals surface area contributed by atoms with E-state index in [1.54, 1.807) is 0 Å². The lowest BCUT2D eigenvalue weighted by Gasteiger charge is -2.21. The van der Waals surface area contributed by atoms with Crippen LogP contribution in [0.3, 0.4) is 0 Å². The Morgan fingerprint density at radius 1 is 1.42 bits per heavy atom. The van der Waals surface area contributed by atoms with Crippen LogP contribution in [0.5, 0.6) is 0 Å². The van der Waals surface area contributed by atoms with E-state index >= 15 is 0 Å². The number of rotatable bonds is 4. The molecule has 2 N–H and O–H groups in total. The molecule has 0 radical (unpaired) electrons. The summed E-state index contributed by atoms with van der Waals surface area (Å²) < 4.78 is 4.53. The molecule has 0 aromatic carbocycles. The number of carbonyl (C=O) groups excluding carboxylic acids is 1. The van der Waals surface area contributed by atoms with Crippen molar-refractivity contribution in [3.63, 3.8) is 0 Å². The summed E-state index contributed by atoms with van der Waals surface area (Å²) in [4.78, 5) is 10.8. The average molecular weight is 173 g/mol. The third-order valence-corrected chi connectivity index (χ3v) is 2.36. The Labute approximate surface area is 74.3 Å². The molecular formula is C9H19NO2. The van der Waals surface area contributed by atoms with Gasteiger partial charge in [-0.25, -0.2) is 0 Å². The Hall–Kier alpha value is -0.570. The van der Waals surface area contributed by atoms with Crippen molar-refractivity contribution in [2.45, 2.75) is 33.2 Å². The van der Waals surface area contributed by atoms with Gasteiger partial charge in [-0.15, -0.1) is 0 Å². The molecule has 0 aliphatic rings. The van der Waals surface area contributed by atoms with Gasteiger partial charge < -0.3 is 10.5 Å². The summed E-state index contributed by atoms with van der Waals surface area (Å²) in [7, 11) is 1.38. The van der Waals surface area contributed by atoms with Crippen molar-refractivity contribution in [1.29, 1.82) is 0 Å². The molecule has 0 aromatic heterocycles. The second-order valence-corrected chi connectivity index (χ2v) is 3.55. The highest BCUT2D eigenvalue weighted by Crippen LogP contribution is 2.15. The summed E-state index contributed by atoms with van der Waals surface area (Å²) in [6.07, 6.45) is 0.315. The maximum atomic E-state index is 10.8. The maximum absolute atomic E-state index is 10.8. The van der Waals surface area contributed by atoms with Gasteiger partial charge in [0, 0.05) is 6.04 Å². The molecule has 2 atom stereocenters. The first-order valence-corrected chi connectivity index (χ1v) is 4.31. The van der Waals surface area contributed by atoms with Crippen molar-refractivity contribution in [3.8, 4) is 0 Å². The normalized spacial score (nSPS) is 15.8. The molecular weight excluding hydrogens is 154 g/mol. The van der Waals surface area contributed by atoms with Crippen LogP contribution in [-0.2, 0) is 9.53 Å². The predicted octanol–water partition coefficient (Wildman–Crippen LogP) is 1.17. The number of hydrogen-bond acceptors (Lipinski definition) is 3. The van der Waals surface area contributed by atoms with E-state index in [0.717, 1.165) is 0 Å². The van der Waals surface area contributed by atoms with E-state index in [1.807, 2.05) is 0 Å². The van der Waals surface area contributed by atoms with Crippen LogP contribution in [0, 0.1) is 11.8 Å². The molecule has 1 unspecified atom stereocenters. The average Bonchev–Trinajstić information content (AvgIpc) is 2.02. The largest absolute Gasteiger partial charge is 0.469 e. The molecule has 0 spiro atoms. The van der Waals surface area contributed by atoms with Gasteiger partial charge in [0.25, 0.3) is 0 Å². The van der Waals surface area contributed by atoms with Gasteiger partial charge in [-0.05, 0) is 11.8 Å². The summed E-state index contributed by atoms with van der Waals surface area (Å²) >= 11 is 0. The van der Waals surface area contributed by atoms with E-state index in [0.29, 0.717) is 18.3 Å². The van der Waals surface area contributed by atoms with Crippen LogP contribution in [0.15, 0.2) is 0 Å².